The highest BCUT2D eigenvalue weighted by Gasteiger charge is 2.34. The molecular weight excluding hydrogens is 210 g/mol. The van der Waals surface area contributed by atoms with E-state index in [0.29, 0.717) is 6.04 Å². The summed E-state index contributed by atoms with van der Waals surface area (Å²) in [6.45, 7) is 5.24. The molecule has 1 aromatic carbocycles. The average molecular weight is 233 g/mol. The second-order valence-electron chi connectivity index (χ2n) is 5.23. The highest BCUT2D eigenvalue weighted by Crippen LogP contribution is 2.37. The zero-order valence-corrected chi connectivity index (χ0v) is 10.9. The van der Waals surface area contributed by atoms with Crippen molar-refractivity contribution in [3.05, 3.63) is 35.4 Å². The van der Waals surface area contributed by atoms with Gasteiger partial charge < -0.3 is 10.4 Å². The molecule has 2 nitrogen and oxygen atoms in total. The van der Waals surface area contributed by atoms with Gasteiger partial charge in [0.2, 0.25) is 0 Å². The summed E-state index contributed by atoms with van der Waals surface area (Å²) in [4.78, 5) is 0. The van der Waals surface area contributed by atoms with E-state index in [1.165, 1.54) is 5.56 Å². The normalized spacial score (nSPS) is 29.2. The van der Waals surface area contributed by atoms with Crippen molar-refractivity contribution in [1.29, 1.82) is 0 Å². The fraction of sp³-hybridized carbons (Fsp3) is 0.600. The van der Waals surface area contributed by atoms with Gasteiger partial charge in [-0.3, -0.25) is 0 Å². The lowest BCUT2D eigenvalue weighted by molar-refractivity contribution is -0.00815. The van der Waals surface area contributed by atoms with Gasteiger partial charge in [0, 0.05) is 6.04 Å². The van der Waals surface area contributed by atoms with Crippen LogP contribution in [-0.2, 0) is 5.60 Å². The first kappa shape index (κ1) is 12.6. The Balaban J connectivity index is 2.04. The van der Waals surface area contributed by atoms with Crippen LogP contribution in [0.3, 0.4) is 0 Å². The number of benzene rings is 1. The van der Waals surface area contributed by atoms with Crippen molar-refractivity contribution in [2.45, 2.75) is 51.2 Å². The number of rotatable bonds is 3. The molecule has 0 unspecified atom stereocenters. The molecule has 0 spiro atoms. The predicted octanol–water partition coefficient (Wildman–Crippen LogP) is 2.73. The van der Waals surface area contributed by atoms with E-state index in [1.807, 2.05) is 0 Å². The molecule has 94 valence electrons. The van der Waals surface area contributed by atoms with Crippen LogP contribution in [0.15, 0.2) is 24.3 Å². The minimum Gasteiger partial charge on any atom is -0.385 e. The van der Waals surface area contributed by atoms with Crippen molar-refractivity contribution in [2.24, 2.45) is 0 Å². The van der Waals surface area contributed by atoms with Crippen LogP contribution < -0.4 is 5.32 Å². The Morgan fingerprint density at radius 2 is 1.82 bits per heavy atom. The summed E-state index contributed by atoms with van der Waals surface area (Å²) < 4.78 is 0. The third-order valence-electron chi connectivity index (χ3n) is 3.89. The molecule has 0 heterocycles. The van der Waals surface area contributed by atoms with Crippen LogP contribution in [0.2, 0.25) is 0 Å². The minimum atomic E-state index is -0.598. The van der Waals surface area contributed by atoms with Crippen LogP contribution in [0.5, 0.6) is 0 Å². The smallest absolute Gasteiger partial charge is 0.0897 e. The third-order valence-corrected chi connectivity index (χ3v) is 3.89. The summed E-state index contributed by atoms with van der Waals surface area (Å²) in [7, 11) is 0. The lowest BCUT2D eigenvalue weighted by Crippen LogP contribution is -2.39. The van der Waals surface area contributed by atoms with E-state index in [1.54, 1.807) is 0 Å². The summed E-state index contributed by atoms with van der Waals surface area (Å²) in [6, 6.07) is 8.91. The third kappa shape index (κ3) is 2.88. The van der Waals surface area contributed by atoms with E-state index >= 15 is 0 Å². The van der Waals surface area contributed by atoms with Crippen molar-refractivity contribution in [2.75, 3.05) is 6.54 Å². The molecule has 0 bridgehead atoms. The molecule has 0 atom stereocenters. The first-order valence-electron chi connectivity index (χ1n) is 6.67. The summed E-state index contributed by atoms with van der Waals surface area (Å²) in [5.74, 6) is 0. The number of aliphatic hydroxyl groups is 1. The fourth-order valence-electron chi connectivity index (χ4n) is 2.74. The van der Waals surface area contributed by atoms with Gasteiger partial charge in [-0.2, -0.15) is 0 Å². The Morgan fingerprint density at radius 3 is 2.35 bits per heavy atom. The van der Waals surface area contributed by atoms with Crippen LogP contribution in [0.1, 0.15) is 43.7 Å². The Morgan fingerprint density at radius 1 is 1.24 bits per heavy atom. The first-order valence-corrected chi connectivity index (χ1v) is 6.67. The Labute approximate surface area is 104 Å². The maximum absolute atomic E-state index is 10.7. The van der Waals surface area contributed by atoms with Crippen LogP contribution in [-0.4, -0.2) is 17.7 Å². The molecule has 2 rings (SSSR count). The Kier molecular flexibility index (Phi) is 3.85. The summed E-state index contributed by atoms with van der Waals surface area (Å²) in [6.07, 6.45) is 3.87. The van der Waals surface area contributed by atoms with Gasteiger partial charge in [0.25, 0.3) is 0 Å². The first-order chi connectivity index (χ1) is 8.14. The van der Waals surface area contributed by atoms with E-state index in [-0.39, 0.29) is 0 Å². The maximum atomic E-state index is 10.7. The molecule has 0 aromatic heterocycles. The van der Waals surface area contributed by atoms with Gasteiger partial charge in [-0.25, -0.2) is 0 Å². The number of nitrogens with one attached hydrogen (secondary N) is 1. The average Bonchev–Trinajstić information content (AvgIpc) is 2.33. The highest BCUT2D eigenvalue weighted by molar-refractivity contribution is 5.27. The fourth-order valence-corrected chi connectivity index (χ4v) is 2.74. The van der Waals surface area contributed by atoms with Gasteiger partial charge in [0.1, 0.15) is 0 Å². The van der Waals surface area contributed by atoms with Gasteiger partial charge in [0.05, 0.1) is 5.60 Å². The largest absolute Gasteiger partial charge is 0.385 e. The van der Waals surface area contributed by atoms with Crippen molar-refractivity contribution < 1.29 is 5.11 Å². The summed E-state index contributed by atoms with van der Waals surface area (Å²) >= 11 is 0. The molecule has 0 saturated heterocycles. The number of hydrogen-bond donors (Lipinski definition) is 2. The molecule has 17 heavy (non-hydrogen) atoms. The lowest BCUT2D eigenvalue weighted by atomic mass is 9.77. The molecule has 0 aliphatic heterocycles. The molecule has 0 radical (unpaired) electrons. The van der Waals surface area contributed by atoms with Crippen LogP contribution >= 0.6 is 0 Å². The standard InChI is InChI=1S/C15H23NO/c1-3-16-14-8-10-15(17,11-9-14)13-6-4-12(2)5-7-13/h4-7,14,16-17H,3,8-11H2,1-2H3. The zero-order chi connectivity index (χ0) is 12.3. The molecular formula is C15H23NO. The van der Waals surface area contributed by atoms with Crippen molar-refractivity contribution in [3.63, 3.8) is 0 Å². The highest BCUT2D eigenvalue weighted by atomic mass is 16.3. The SMILES string of the molecule is CCNC1CCC(O)(c2ccc(C)cc2)CC1. The van der Waals surface area contributed by atoms with E-state index in [0.717, 1.165) is 37.8 Å². The molecule has 2 heteroatoms. The van der Waals surface area contributed by atoms with E-state index in [9.17, 15) is 5.11 Å². The molecule has 1 aliphatic rings. The maximum Gasteiger partial charge on any atom is 0.0897 e. The topological polar surface area (TPSA) is 32.3 Å². The van der Waals surface area contributed by atoms with E-state index in [4.69, 9.17) is 0 Å². The molecule has 1 fully saturated rings. The molecule has 1 saturated carbocycles. The van der Waals surface area contributed by atoms with Gasteiger partial charge in [-0.05, 0) is 44.7 Å². The second kappa shape index (κ2) is 5.19. The molecule has 1 aliphatic carbocycles. The minimum absolute atomic E-state index is 0.589. The Hall–Kier alpha value is -0.860. The summed E-state index contributed by atoms with van der Waals surface area (Å²) in [5.41, 5.74) is 1.73. The molecule has 1 aromatic rings. The predicted molar refractivity (Wildman–Crippen MR) is 71.0 cm³/mol. The van der Waals surface area contributed by atoms with E-state index < -0.39 is 5.60 Å². The number of aryl methyl sites for hydroxylation is 1. The van der Waals surface area contributed by atoms with Crippen molar-refractivity contribution in [1.82, 2.24) is 5.32 Å². The van der Waals surface area contributed by atoms with Gasteiger partial charge in [-0.15, -0.1) is 0 Å². The van der Waals surface area contributed by atoms with Gasteiger partial charge in [0.15, 0.2) is 0 Å². The monoisotopic (exact) mass is 233 g/mol. The molecule has 2 N–H and O–H groups in total. The van der Waals surface area contributed by atoms with E-state index in [2.05, 4.69) is 43.4 Å². The summed E-state index contributed by atoms with van der Waals surface area (Å²) in [5, 5.41) is 14.2. The van der Waals surface area contributed by atoms with Crippen LogP contribution in [0, 0.1) is 6.92 Å². The van der Waals surface area contributed by atoms with Crippen LogP contribution in [0.4, 0.5) is 0 Å². The van der Waals surface area contributed by atoms with Crippen LogP contribution in [0.25, 0.3) is 0 Å². The molecule has 0 amide bonds. The lowest BCUT2D eigenvalue weighted by Gasteiger charge is -2.36. The Bertz CT molecular complexity index is 350. The van der Waals surface area contributed by atoms with Crippen molar-refractivity contribution in [3.8, 4) is 0 Å². The zero-order valence-electron chi connectivity index (χ0n) is 10.9. The van der Waals surface area contributed by atoms with Gasteiger partial charge in [-0.1, -0.05) is 36.8 Å². The van der Waals surface area contributed by atoms with Gasteiger partial charge >= 0.3 is 0 Å². The number of hydrogen-bond acceptors (Lipinski definition) is 2. The van der Waals surface area contributed by atoms with Crippen molar-refractivity contribution >= 4 is 0 Å². The quantitative estimate of drug-likeness (QED) is 0.841. The second-order valence-corrected chi connectivity index (χ2v) is 5.23.